The predicted molar refractivity (Wildman–Crippen MR) is 51.8 cm³/mol. The molecule has 2 unspecified atom stereocenters. The number of rotatable bonds is 2. The highest BCUT2D eigenvalue weighted by Crippen LogP contribution is 2.17. The van der Waals surface area contributed by atoms with Crippen LogP contribution in [0.15, 0.2) is 0 Å². The molecule has 2 atom stereocenters. The van der Waals surface area contributed by atoms with E-state index < -0.39 is 6.04 Å². The van der Waals surface area contributed by atoms with E-state index in [4.69, 9.17) is 12.2 Å². The van der Waals surface area contributed by atoms with Gasteiger partial charge in [-0.2, -0.15) is 0 Å². The van der Waals surface area contributed by atoms with E-state index in [-0.39, 0.29) is 5.91 Å². The van der Waals surface area contributed by atoms with Gasteiger partial charge in [0, 0.05) is 19.0 Å². The summed E-state index contributed by atoms with van der Waals surface area (Å²) >= 11 is 0. The Balaban J connectivity index is 2.52. The van der Waals surface area contributed by atoms with Gasteiger partial charge in [0.1, 0.15) is 0 Å². The summed E-state index contributed by atoms with van der Waals surface area (Å²) in [5, 5.41) is 0. The molecule has 0 spiro atoms. The fourth-order valence-electron chi connectivity index (χ4n) is 1.69. The highest BCUT2D eigenvalue weighted by molar-refractivity contribution is 5.82. The summed E-state index contributed by atoms with van der Waals surface area (Å²) in [4.78, 5) is 13.5. The Hall–Kier alpha value is -1.01. The van der Waals surface area contributed by atoms with Crippen molar-refractivity contribution in [3.05, 3.63) is 0 Å². The SMILES string of the molecule is C#CCC(N)C(=O)N1CCCC1C. The van der Waals surface area contributed by atoms with Crippen LogP contribution in [0.3, 0.4) is 0 Å². The Labute approximate surface area is 79.3 Å². The van der Waals surface area contributed by atoms with Crippen molar-refractivity contribution in [3.63, 3.8) is 0 Å². The Bertz CT molecular complexity index is 232. The van der Waals surface area contributed by atoms with Gasteiger partial charge in [-0.05, 0) is 19.8 Å². The molecule has 0 bridgehead atoms. The van der Waals surface area contributed by atoms with Gasteiger partial charge in [0.25, 0.3) is 0 Å². The van der Waals surface area contributed by atoms with Crippen LogP contribution in [0.5, 0.6) is 0 Å². The molecule has 1 fully saturated rings. The summed E-state index contributed by atoms with van der Waals surface area (Å²) in [5.74, 6) is 2.42. The minimum atomic E-state index is -0.509. The molecule has 1 aliphatic heterocycles. The molecule has 3 heteroatoms. The highest BCUT2D eigenvalue weighted by atomic mass is 16.2. The number of nitrogens with zero attached hydrogens (tertiary/aromatic N) is 1. The minimum Gasteiger partial charge on any atom is -0.339 e. The largest absolute Gasteiger partial charge is 0.339 e. The first-order valence-electron chi connectivity index (χ1n) is 4.66. The summed E-state index contributed by atoms with van der Waals surface area (Å²) in [6.07, 6.45) is 7.59. The van der Waals surface area contributed by atoms with Gasteiger partial charge in [0.05, 0.1) is 6.04 Å². The van der Waals surface area contributed by atoms with Crippen LogP contribution in [0, 0.1) is 12.3 Å². The van der Waals surface area contributed by atoms with E-state index in [1.807, 2.05) is 11.8 Å². The molecule has 1 saturated heterocycles. The number of terminal acetylenes is 1. The molecule has 0 aromatic heterocycles. The Morgan fingerprint density at radius 3 is 3.00 bits per heavy atom. The molecular weight excluding hydrogens is 164 g/mol. The monoisotopic (exact) mass is 180 g/mol. The number of nitrogens with two attached hydrogens (primary N) is 1. The van der Waals surface area contributed by atoms with Crippen molar-refractivity contribution in [3.8, 4) is 12.3 Å². The van der Waals surface area contributed by atoms with E-state index in [0.717, 1.165) is 19.4 Å². The Morgan fingerprint density at radius 2 is 2.54 bits per heavy atom. The lowest BCUT2D eigenvalue weighted by atomic mass is 10.2. The second-order valence-electron chi connectivity index (χ2n) is 3.54. The molecule has 0 aliphatic carbocycles. The second-order valence-corrected chi connectivity index (χ2v) is 3.54. The number of hydrogen-bond donors (Lipinski definition) is 1. The number of likely N-dealkylation sites (tertiary alicyclic amines) is 1. The maximum absolute atomic E-state index is 11.7. The van der Waals surface area contributed by atoms with Crippen LogP contribution < -0.4 is 5.73 Å². The van der Waals surface area contributed by atoms with E-state index in [1.165, 1.54) is 0 Å². The second kappa shape index (κ2) is 4.29. The summed E-state index contributed by atoms with van der Waals surface area (Å²) in [6.45, 7) is 2.88. The van der Waals surface area contributed by atoms with Crippen LogP contribution in [0.2, 0.25) is 0 Å². The van der Waals surface area contributed by atoms with Gasteiger partial charge < -0.3 is 10.6 Å². The maximum atomic E-state index is 11.7. The van der Waals surface area contributed by atoms with E-state index in [0.29, 0.717) is 12.5 Å². The molecule has 13 heavy (non-hydrogen) atoms. The van der Waals surface area contributed by atoms with Crippen molar-refractivity contribution in [1.29, 1.82) is 0 Å². The topological polar surface area (TPSA) is 46.3 Å². The van der Waals surface area contributed by atoms with Gasteiger partial charge in [-0.3, -0.25) is 4.79 Å². The molecule has 72 valence electrons. The summed E-state index contributed by atoms with van der Waals surface area (Å²) in [7, 11) is 0. The third-order valence-electron chi connectivity index (χ3n) is 2.49. The normalized spacial score (nSPS) is 24.1. The first-order valence-corrected chi connectivity index (χ1v) is 4.66. The van der Waals surface area contributed by atoms with Crippen LogP contribution >= 0.6 is 0 Å². The van der Waals surface area contributed by atoms with Crippen LogP contribution in [0.1, 0.15) is 26.2 Å². The van der Waals surface area contributed by atoms with Crippen molar-refractivity contribution in [1.82, 2.24) is 4.90 Å². The van der Waals surface area contributed by atoms with E-state index in [2.05, 4.69) is 5.92 Å². The lowest BCUT2D eigenvalue weighted by molar-refractivity contribution is -0.132. The molecule has 1 heterocycles. The average Bonchev–Trinajstić information content (AvgIpc) is 2.50. The lowest BCUT2D eigenvalue weighted by Gasteiger charge is -2.23. The molecule has 0 saturated carbocycles. The van der Waals surface area contributed by atoms with Crippen molar-refractivity contribution < 1.29 is 4.79 Å². The van der Waals surface area contributed by atoms with Gasteiger partial charge in [0.2, 0.25) is 5.91 Å². The summed E-state index contributed by atoms with van der Waals surface area (Å²) in [5.41, 5.74) is 5.64. The standard InChI is InChI=1S/C10H16N2O/c1-3-5-9(11)10(13)12-7-4-6-8(12)2/h1,8-9H,4-7,11H2,2H3. The van der Waals surface area contributed by atoms with E-state index in [1.54, 1.807) is 0 Å². The van der Waals surface area contributed by atoms with Crippen molar-refractivity contribution in [2.45, 2.75) is 38.3 Å². The van der Waals surface area contributed by atoms with Gasteiger partial charge in [-0.25, -0.2) is 0 Å². The van der Waals surface area contributed by atoms with E-state index in [9.17, 15) is 4.79 Å². The van der Waals surface area contributed by atoms with Crippen LogP contribution in [0.25, 0.3) is 0 Å². The fraction of sp³-hybridized carbons (Fsp3) is 0.700. The zero-order valence-electron chi connectivity index (χ0n) is 7.99. The van der Waals surface area contributed by atoms with Crippen LogP contribution in [-0.4, -0.2) is 29.4 Å². The molecule has 0 radical (unpaired) electrons. The summed E-state index contributed by atoms with van der Waals surface area (Å²) in [6, 6.07) is -0.179. The number of hydrogen-bond acceptors (Lipinski definition) is 2. The maximum Gasteiger partial charge on any atom is 0.240 e. The molecule has 1 aliphatic rings. The molecule has 0 aromatic carbocycles. The average molecular weight is 180 g/mol. The number of amides is 1. The third kappa shape index (κ3) is 2.22. The van der Waals surface area contributed by atoms with E-state index >= 15 is 0 Å². The molecular formula is C10H16N2O. The molecule has 2 N–H and O–H groups in total. The first-order chi connectivity index (χ1) is 6.16. The van der Waals surface area contributed by atoms with Gasteiger partial charge >= 0.3 is 0 Å². The first kappa shape index (κ1) is 10.1. The summed E-state index contributed by atoms with van der Waals surface area (Å²) < 4.78 is 0. The highest BCUT2D eigenvalue weighted by Gasteiger charge is 2.28. The predicted octanol–water partition coefficient (Wildman–Crippen LogP) is 0.348. The van der Waals surface area contributed by atoms with Crippen molar-refractivity contribution in [2.24, 2.45) is 5.73 Å². The number of carbonyl (C=O) groups excluding carboxylic acids is 1. The van der Waals surface area contributed by atoms with Crippen LogP contribution in [0.4, 0.5) is 0 Å². The smallest absolute Gasteiger partial charge is 0.240 e. The zero-order valence-corrected chi connectivity index (χ0v) is 7.99. The van der Waals surface area contributed by atoms with Crippen LogP contribution in [-0.2, 0) is 4.79 Å². The van der Waals surface area contributed by atoms with Gasteiger partial charge in [-0.15, -0.1) is 12.3 Å². The quantitative estimate of drug-likeness (QED) is 0.623. The third-order valence-corrected chi connectivity index (χ3v) is 2.49. The van der Waals surface area contributed by atoms with Gasteiger partial charge in [0.15, 0.2) is 0 Å². The minimum absolute atomic E-state index is 0.00273. The van der Waals surface area contributed by atoms with Gasteiger partial charge in [-0.1, -0.05) is 0 Å². The molecule has 3 nitrogen and oxygen atoms in total. The fourth-order valence-corrected chi connectivity index (χ4v) is 1.69. The van der Waals surface area contributed by atoms with Crippen molar-refractivity contribution in [2.75, 3.05) is 6.54 Å². The number of carbonyl (C=O) groups is 1. The zero-order chi connectivity index (χ0) is 9.84. The van der Waals surface area contributed by atoms with Crippen molar-refractivity contribution >= 4 is 5.91 Å². The Kier molecular flexibility index (Phi) is 3.32. The molecule has 1 rings (SSSR count). The molecule has 1 amide bonds. The molecule has 0 aromatic rings. The lowest BCUT2D eigenvalue weighted by Crippen LogP contribution is -2.44. The Morgan fingerprint density at radius 1 is 1.85 bits per heavy atom.